The maximum absolute atomic E-state index is 13.3. The average molecular weight is 388 g/mol. The highest BCUT2D eigenvalue weighted by atomic mass is 16.5. The van der Waals surface area contributed by atoms with Crippen LogP contribution in [0, 0.1) is 11.8 Å². The third-order valence-corrected chi connectivity index (χ3v) is 6.11. The largest absolute Gasteiger partial charge is 0.497 e. The number of rotatable bonds is 4. The van der Waals surface area contributed by atoms with Gasteiger partial charge in [0.25, 0.3) is 0 Å². The first kappa shape index (κ1) is 17.8. The topological polar surface area (TPSA) is 66.9 Å². The van der Waals surface area contributed by atoms with Gasteiger partial charge in [0.2, 0.25) is 11.8 Å². The second kappa shape index (κ2) is 6.67. The Morgan fingerprint density at radius 2 is 1.69 bits per heavy atom. The fourth-order valence-corrected chi connectivity index (χ4v) is 4.88. The first-order chi connectivity index (χ1) is 14.1. The van der Waals surface area contributed by atoms with E-state index in [1.54, 1.807) is 37.5 Å². The van der Waals surface area contributed by atoms with Crippen LogP contribution in [-0.4, -0.2) is 41.7 Å². The molecule has 3 aliphatic rings. The Hall–Kier alpha value is -3.25. The zero-order valence-corrected chi connectivity index (χ0v) is 15.9. The van der Waals surface area contributed by atoms with Crippen LogP contribution in [-0.2, 0) is 20.9 Å². The van der Waals surface area contributed by atoms with Crippen molar-refractivity contribution in [2.45, 2.75) is 18.6 Å². The van der Waals surface area contributed by atoms with Crippen molar-refractivity contribution in [2.75, 3.05) is 12.0 Å². The number of amides is 2. The molecular weight excluding hydrogens is 368 g/mol. The molecule has 29 heavy (non-hydrogen) atoms. The molecule has 0 aliphatic carbocycles. The van der Waals surface area contributed by atoms with Crippen LogP contribution in [0.25, 0.3) is 0 Å². The van der Waals surface area contributed by atoms with Gasteiger partial charge in [-0.2, -0.15) is 0 Å². The Labute approximate surface area is 168 Å². The van der Waals surface area contributed by atoms with Gasteiger partial charge in [-0.05, 0) is 35.9 Å². The van der Waals surface area contributed by atoms with Crippen molar-refractivity contribution < 1.29 is 19.1 Å². The molecule has 4 atom stereocenters. The summed E-state index contributed by atoms with van der Waals surface area (Å²) < 4.78 is 5.29. The number of para-hydroxylation sites is 1. The van der Waals surface area contributed by atoms with Crippen molar-refractivity contribution in [1.82, 2.24) is 4.90 Å². The minimum Gasteiger partial charge on any atom is -0.497 e. The van der Waals surface area contributed by atoms with Gasteiger partial charge in [0.15, 0.2) is 5.78 Å². The molecule has 2 fully saturated rings. The van der Waals surface area contributed by atoms with Crippen molar-refractivity contribution in [1.29, 1.82) is 0 Å². The third-order valence-electron chi connectivity index (χ3n) is 6.11. The maximum Gasteiger partial charge on any atom is 0.239 e. The predicted molar refractivity (Wildman–Crippen MR) is 106 cm³/mol. The Balaban J connectivity index is 1.50. The van der Waals surface area contributed by atoms with Gasteiger partial charge in [-0.15, -0.1) is 0 Å². The Morgan fingerprint density at radius 1 is 0.931 bits per heavy atom. The summed E-state index contributed by atoms with van der Waals surface area (Å²) >= 11 is 0. The summed E-state index contributed by atoms with van der Waals surface area (Å²) in [7, 11) is 1.61. The van der Waals surface area contributed by atoms with E-state index in [1.807, 2.05) is 35.2 Å². The molecule has 3 aliphatic heterocycles. The Morgan fingerprint density at radius 3 is 2.45 bits per heavy atom. The van der Waals surface area contributed by atoms with E-state index in [2.05, 4.69) is 0 Å². The molecule has 2 bridgehead atoms. The average Bonchev–Trinajstić information content (AvgIpc) is 3.12. The molecule has 2 amide bonds. The zero-order valence-electron chi connectivity index (χ0n) is 15.9. The molecule has 2 aromatic carbocycles. The Bertz CT molecular complexity index is 1030. The normalized spacial score (nSPS) is 28.2. The molecule has 3 heterocycles. The molecular formula is C23H20N2O4. The molecule has 0 spiro atoms. The second-order valence-electron chi connectivity index (χ2n) is 7.62. The van der Waals surface area contributed by atoms with Crippen LogP contribution < -0.4 is 9.64 Å². The first-order valence-electron chi connectivity index (χ1n) is 9.64. The number of carbonyl (C=O) groups excluding carboxylic acids is 3. The smallest absolute Gasteiger partial charge is 0.239 e. The highest BCUT2D eigenvalue weighted by Gasteiger charge is 2.64. The number of imide groups is 1. The van der Waals surface area contributed by atoms with Crippen LogP contribution in [0.3, 0.4) is 0 Å². The van der Waals surface area contributed by atoms with Crippen LogP contribution in [0.2, 0.25) is 0 Å². The van der Waals surface area contributed by atoms with Gasteiger partial charge < -0.3 is 4.74 Å². The van der Waals surface area contributed by atoms with E-state index in [1.165, 1.54) is 11.0 Å². The van der Waals surface area contributed by atoms with Gasteiger partial charge in [0.05, 0.1) is 30.7 Å². The molecule has 0 radical (unpaired) electrons. The minimum atomic E-state index is -0.652. The van der Waals surface area contributed by atoms with Crippen molar-refractivity contribution in [3.63, 3.8) is 0 Å². The molecule has 6 heteroatoms. The molecule has 0 unspecified atom stereocenters. The van der Waals surface area contributed by atoms with Crippen LogP contribution >= 0.6 is 0 Å². The van der Waals surface area contributed by atoms with Gasteiger partial charge in [0.1, 0.15) is 5.75 Å². The molecule has 2 saturated heterocycles. The molecule has 5 rings (SSSR count). The van der Waals surface area contributed by atoms with E-state index >= 15 is 0 Å². The fraction of sp³-hybridized carbons (Fsp3) is 0.261. The number of carbonyl (C=O) groups is 3. The number of anilines is 1. The molecule has 0 aromatic heterocycles. The minimum absolute atomic E-state index is 0.118. The van der Waals surface area contributed by atoms with Crippen LogP contribution in [0.5, 0.6) is 5.75 Å². The lowest BCUT2D eigenvalue weighted by molar-refractivity contribution is -0.129. The second-order valence-corrected chi connectivity index (χ2v) is 7.62. The number of ketones is 1. The van der Waals surface area contributed by atoms with E-state index in [-0.39, 0.29) is 23.6 Å². The Kier molecular flexibility index (Phi) is 4.10. The van der Waals surface area contributed by atoms with Crippen LogP contribution in [0.4, 0.5) is 5.69 Å². The van der Waals surface area contributed by atoms with Crippen LogP contribution in [0.1, 0.15) is 5.56 Å². The molecule has 2 aromatic rings. The molecule has 6 nitrogen and oxygen atoms in total. The van der Waals surface area contributed by atoms with E-state index in [0.717, 1.165) is 11.3 Å². The molecule has 0 saturated carbocycles. The SMILES string of the molecule is COc1cccc(CN2[C@@H]3C(=O)C=C[C@H]2[C@@H]2C(=O)N(c4ccccc4)C(=O)[C@@H]23)c1. The fourth-order valence-electron chi connectivity index (χ4n) is 4.88. The van der Waals surface area contributed by atoms with E-state index < -0.39 is 17.9 Å². The lowest BCUT2D eigenvalue weighted by Gasteiger charge is -2.33. The monoisotopic (exact) mass is 388 g/mol. The third kappa shape index (κ3) is 2.63. The van der Waals surface area contributed by atoms with Gasteiger partial charge in [-0.1, -0.05) is 36.4 Å². The number of nitrogens with zero attached hydrogens (tertiary/aromatic N) is 2. The number of benzene rings is 2. The van der Waals surface area contributed by atoms with Crippen molar-refractivity contribution in [2.24, 2.45) is 11.8 Å². The van der Waals surface area contributed by atoms with E-state index in [9.17, 15) is 14.4 Å². The van der Waals surface area contributed by atoms with Gasteiger partial charge >= 0.3 is 0 Å². The lowest BCUT2D eigenvalue weighted by atomic mass is 9.90. The quantitative estimate of drug-likeness (QED) is 0.752. The summed E-state index contributed by atoms with van der Waals surface area (Å²) in [6.45, 7) is 0.474. The molecule has 0 N–H and O–H groups in total. The predicted octanol–water partition coefficient (Wildman–Crippen LogP) is 2.19. The van der Waals surface area contributed by atoms with Gasteiger partial charge in [-0.25, -0.2) is 4.90 Å². The summed E-state index contributed by atoms with van der Waals surface area (Å²) in [4.78, 5) is 42.5. The highest BCUT2D eigenvalue weighted by molar-refractivity contribution is 6.24. The number of fused-ring (bicyclic) bond motifs is 5. The summed E-state index contributed by atoms with van der Waals surface area (Å²) in [6.07, 6.45) is 3.31. The number of ether oxygens (including phenoxy) is 1. The van der Waals surface area contributed by atoms with E-state index in [0.29, 0.717) is 12.2 Å². The van der Waals surface area contributed by atoms with Crippen molar-refractivity contribution >= 4 is 23.3 Å². The highest BCUT2D eigenvalue weighted by Crippen LogP contribution is 2.47. The van der Waals surface area contributed by atoms with E-state index in [4.69, 9.17) is 4.74 Å². The number of methoxy groups -OCH3 is 1. The summed E-state index contributed by atoms with van der Waals surface area (Å²) in [5, 5.41) is 0. The van der Waals surface area contributed by atoms with Crippen molar-refractivity contribution in [3.05, 3.63) is 72.3 Å². The number of hydrogen-bond donors (Lipinski definition) is 0. The number of hydrogen-bond acceptors (Lipinski definition) is 5. The summed E-state index contributed by atoms with van der Waals surface area (Å²) in [5.74, 6) is -1.09. The van der Waals surface area contributed by atoms with Crippen molar-refractivity contribution in [3.8, 4) is 5.75 Å². The molecule has 146 valence electrons. The summed E-state index contributed by atoms with van der Waals surface area (Å²) in [6, 6.07) is 15.7. The lowest BCUT2D eigenvalue weighted by Crippen LogP contribution is -2.48. The van der Waals surface area contributed by atoms with Crippen LogP contribution in [0.15, 0.2) is 66.7 Å². The summed E-state index contributed by atoms with van der Waals surface area (Å²) in [5.41, 5.74) is 1.54. The maximum atomic E-state index is 13.3. The standard InChI is InChI=1S/C23H20N2O4/c1-29-16-9-5-6-14(12-16)13-24-17-10-11-18(26)21(24)20-19(17)22(27)25(23(20)28)15-7-3-2-4-8-15/h2-12,17,19-21H,13H2,1H3/t17-,19-,20-,21+/m0/s1. The van der Waals surface area contributed by atoms with Gasteiger partial charge in [-0.3, -0.25) is 19.3 Å². The zero-order chi connectivity index (χ0) is 20.1. The first-order valence-corrected chi connectivity index (χ1v) is 9.64. The van der Waals surface area contributed by atoms with Gasteiger partial charge in [0, 0.05) is 12.6 Å².